The minimum absolute atomic E-state index is 0.225. The third kappa shape index (κ3) is 4.39. The number of hydrogen-bond donors (Lipinski definition) is 1. The average molecular weight is 272 g/mol. The van der Waals surface area contributed by atoms with E-state index in [0.717, 1.165) is 52.4 Å². The molecule has 0 aromatic rings. The minimum Gasteiger partial charge on any atom is -0.379 e. The van der Waals surface area contributed by atoms with Gasteiger partial charge in [0.1, 0.15) is 0 Å². The zero-order chi connectivity index (χ0) is 13.5. The first-order chi connectivity index (χ1) is 9.35. The smallest absolute Gasteiger partial charge is 0.0986 e. The molecular formula is C14H28N2O3. The zero-order valence-corrected chi connectivity index (χ0v) is 12.3. The summed E-state index contributed by atoms with van der Waals surface area (Å²) in [5.74, 6) is 0. The van der Waals surface area contributed by atoms with Crippen LogP contribution in [0.15, 0.2) is 0 Å². The van der Waals surface area contributed by atoms with Gasteiger partial charge in [0.15, 0.2) is 0 Å². The third-order valence-electron chi connectivity index (χ3n) is 4.06. The molecule has 1 saturated heterocycles. The van der Waals surface area contributed by atoms with E-state index in [1.807, 2.05) is 6.92 Å². The largest absolute Gasteiger partial charge is 0.379 e. The second-order valence-corrected chi connectivity index (χ2v) is 5.30. The van der Waals surface area contributed by atoms with E-state index in [4.69, 9.17) is 14.2 Å². The first-order valence-electron chi connectivity index (χ1n) is 7.53. The maximum Gasteiger partial charge on any atom is 0.0986 e. The van der Waals surface area contributed by atoms with Crippen LogP contribution in [0.5, 0.6) is 0 Å². The van der Waals surface area contributed by atoms with Crippen LogP contribution in [0.3, 0.4) is 0 Å². The molecule has 1 heterocycles. The lowest BCUT2D eigenvalue weighted by atomic mass is 9.85. The van der Waals surface area contributed by atoms with E-state index >= 15 is 0 Å². The van der Waals surface area contributed by atoms with Crippen molar-refractivity contribution in [1.29, 1.82) is 0 Å². The number of nitrogens with zero attached hydrogens (tertiary/aromatic N) is 1. The molecule has 1 saturated carbocycles. The molecule has 112 valence electrons. The standard InChI is InChI=1S/C14H28N2O3/c1-3-19-13-11-12(14(13)17-2)15-5-4-6-16-7-9-18-10-8-16/h12-15H,3-11H2,1-2H3. The normalized spacial score (nSPS) is 32.2. The molecule has 19 heavy (non-hydrogen) atoms. The molecule has 2 fully saturated rings. The number of hydrogen-bond acceptors (Lipinski definition) is 5. The first-order valence-corrected chi connectivity index (χ1v) is 7.53. The van der Waals surface area contributed by atoms with Crippen LogP contribution in [-0.4, -0.2) is 76.3 Å². The molecule has 3 atom stereocenters. The fourth-order valence-corrected chi connectivity index (χ4v) is 2.89. The van der Waals surface area contributed by atoms with Gasteiger partial charge in [0.2, 0.25) is 0 Å². The van der Waals surface area contributed by atoms with Gasteiger partial charge in [-0.3, -0.25) is 4.90 Å². The summed E-state index contributed by atoms with van der Waals surface area (Å²) in [5.41, 5.74) is 0. The zero-order valence-electron chi connectivity index (χ0n) is 12.3. The number of ether oxygens (including phenoxy) is 3. The van der Waals surface area contributed by atoms with Crippen molar-refractivity contribution >= 4 is 0 Å². The van der Waals surface area contributed by atoms with Crippen molar-refractivity contribution in [1.82, 2.24) is 10.2 Å². The van der Waals surface area contributed by atoms with Gasteiger partial charge in [-0.05, 0) is 32.9 Å². The fraction of sp³-hybridized carbons (Fsp3) is 1.00. The van der Waals surface area contributed by atoms with Gasteiger partial charge in [-0.15, -0.1) is 0 Å². The van der Waals surface area contributed by atoms with Crippen LogP contribution in [0.25, 0.3) is 0 Å². The summed E-state index contributed by atoms with van der Waals surface area (Å²) in [5, 5.41) is 3.59. The molecule has 3 unspecified atom stereocenters. The lowest BCUT2D eigenvalue weighted by Crippen LogP contribution is -2.60. The van der Waals surface area contributed by atoms with Crippen molar-refractivity contribution < 1.29 is 14.2 Å². The predicted molar refractivity (Wildman–Crippen MR) is 74.5 cm³/mol. The van der Waals surface area contributed by atoms with E-state index in [1.165, 1.54) is 6.42 Å². The van der Waals surface area contributed by atoms with Gasteiger partial charge >= 0.3 is 0 Å². The number of morpholine rings is 1. The van der Waals surface area contributed by atoms with Crippen molar-refractivity contribution in [3.63, 3.8) is 0 Å². The summed E-state index contributed by atoms with van der Waals surface area (Å²) < 4.78 is 16.5. The van der Waals surface area contributed by atoms with E-state index in [2.05, 4.69) is 10.2 Å². The first kappa shape index (κ1) is 15.2. The molecule has 0 amide bonds. The molecule has 0 radical (unpaired) electrons. The molecule has 2 aliphatic rings. The molecule has 1 aliphatic heterocycles. The van der Waals surface area contributed by atoms with Crippen LogP contribution in [0, 0.1) is 0 Å². The van der Waals surface area contributed by atoms with Gasteiger partial charge in [0.05, 0.1) is 25.4 Å². The maximum atomic E-state index is 5.63. The van der Waals surface area contributed by atoms with Crippen LogP contribution in [0.4, 0.5) is 0 Å². The van der Waals surface area contributed by atoms with Crippen molar-refractivity contribution in [3.8, 4) is 0 Å². The summed E-state index contributed by atoms with van der Waals surface area (Å²) in [6.45, 7) is 8.96. The van der Waals surface area contributed by atoms with Crippen molar-refractivity contribution in [3.05, 3.63) is 0 Å². The molecule has 0 spiro atoms. The highest BCUT2D eigenvalue weighted by molar-refractivity contribution is 4.97. The van der Waals surface area contributed by atoms with E-state index in [0.29, 0.717) is 6.04 Å². The molecule has 5 nitrogen and oxygen atoms in total. The highest BCUT2D eigenvalue weighted by Gasteiger charge is 2.41. The Morgan fingerprint density at radius 3 is 2.79 bits per heavy atom. The lowest BCUT2D eigenvalue weighted by Gasteiger charge is -2.43. The Morgan fingerprint density at radius 2 is 2.11 bits per heavy atom. The topological polar surface area (TPSA) is 43.0 Å². The fourth-order valence-electron chi connectivity index (χ4n) is 2.89. The minimum atomic E-state index is 0.225. The van der Waals surface area contributed by atoms with Crippen LogP contribution in [0.1, 0.15) is 19.8 Å². The van der Waals surface area contributed by atoms with E-state index < -0.39 is 0 Å². The Balaban J connectivity index is 1.53. The van der Waals surface area contributed by atoms with Crippen molar-refractivity contribution in [2.75, 3.05) is 53.1 Å². The number of methoxy groups -OCH3 is 1. The molecule has 0 aromatic heterocycles. The Morgan fingerprint density at radius 1 is 1.32 bits per heavy atom. The second-order valence-electron chi connectivity index (χ2n) is 5.30. The highest BCUT2D eigenvalue weighted by Crippen LogP contribution is 2.26. The number of rotatable bonds is 8. The van der Waals surface area contributed by atoms with Crippen LogP contribution >= 0.6 is 0 Å². The van der Waals surface area contributed by atoms with Crippen molar-refractivity contribution in [2.24, 2.45) is 0 Å². The van der Waals surface area contributed by atoms with Gasteiger partial charge in [-0.25, -0.2) is 0 Å². The van der Waals surface area contributed by atoms with Crippen LogP contribution < -0.4 is 5.32 Å². The summed E-state index contributed by atoms with van der Waals surface area (Å²) in [6.07, 6.45) is 2.77. The van der Waals surface area contributed by atoms with Gasteiger partial charge in [-0.2, -0.15) is 0 Å². The third-order valence-corrected chi connectivity index (χ3v) is 4.06. The highest BCUT2D eigenvalue weighted by atomic mass is 16.5. The molecule has 1 aliphatic carbocycles. The summed E-state index contributed by atoms with van der Waals surface area (Å²) >= 11 is 0. The average Bonchev–Trinajstić information content (AvgIpc) is 2.42. The molecule has 0 aromatic carbocycles. The van der Waals surface area contributed by atoms with E-state index in [-0.39, 0.29) is 12.2 Å². The Bertz CT molecular complexity index is 247. The lowest BCUT2D eigenvalue weighted by molar-refractivity contribution is -0.131. The summed E-state index contributed by atoms with van der Waals surface area (Å²) in [7, 11) is 1.78. The van der Waals surface area contributed by atoms with Crippen LogP contribution in [-0.2, 0) is 14.2 Å². The summed E-state index contributed by atoms with van der Waals surface area (Å²) in [6, 6.07) is 0.464. The van der Waals surface area contributed by atoms with E-state index in [1.54, 1.807) is 7.11 Å². The van der Waals surface area contributed by atoms with Crippen LogP contribution in [0.2, 0.25) is 0 Å². The predicted octanol–water partition coefficient (Wildman–Crippen LogP) is 0.491. The summed E-state index contributed by atoms with van der Waals surface area (Å²) in [4.78, 5) is 2.47. The van der Waals surface area contributed by atoms with Gasteiger partial charge in [0, 0.05) is 32.8 Å². The molecule has 5 heteroatoms. The monoisotopic (exact) mass is 272 g/mol. The Kier molecular flexibility index (Phi) is 6.53. The second kappa shape index (κ2) is 8.17. The Labute approximate surface area is 116 Å². The Hall–Kier alpha value is -0.200. The van der Waals surface area contributed by atoms with Crippen molar-refractivity contribution in [2.45, 2.75) is 38.0 Å². The SMILES string of the molecule is CCOC1CC(NCCCN2CCOCC2)C1OC. The quantitative estimate of drug-likeness (QED) is 0.652. The molecule has 1 N–H and O–H groups in total. The van der Waals surface area contributed by atoms with E-state index in [9.17, 15) is 0 Å². The number of nitrogens with one attached hydrogen (secondary N) is 1. The molecule has 0 bridgehead atoms. The van der Waals surface area contributed by atoms with Gasteiger partial charge < -0.3 is 19.5 Å². The molecule has 2 rings (SSSR count). The van der Waals surface area contributed by atoms with Gasteiger partial charge in [0.25, 0.3) is 0 Å². The molecular weight excluding hydrogens is 244 g/mol. The maximum absolute atomic E-state index is 5.63. The van der Waals surface area contributed by atoms with Gasteiger partial charge in [-0.1, -0.05) is 0 Å².